The van der Waals surface area contributed by atoms with Crippen LogP contribution in [0.3, 0.4) is 0 Å². The summed E-state index contributed by atoms with van der Waals surface area (Å²) in [5.41, 5.74) is -0.826. The van der Waals surface area contributed by atoms with E-state index >= 15 is 0 Å². The lowest BCUT2D eigenvalue weighted by Gasteiger charge is -2.03. The second-order valence-corrected chi connectivity index (χ2v) is 2.27. The summed E-state index contributed by atoms with van der Waals surface area (Å²) in [6, 6.07) is 0. The van der Waals surface area contributed by atoms with Gasteiger partial charge in [0.05, 0.1) is 0 Å². The largest absolute Gasteiger partial charge is 0.396 e. The van der Waals surface area contributed by atoms with Crippen molar-refractivity contribution in [1.29, 1.82) is 0 Å². The van der Waals surface area contributed by atoms with Crippen LogP contribution in [0.1, 0.15) is 5.56 Å². The van der Waals surface area contributed by atoms with E-state index in [4.69, 9.17) is 5.11 Å². The Balaban J connectivity index is 3.28. The Morgan fingerprint density at radius 2 is 1.46 bits per heavy atom. The van der Waals surface area contributed by atoms with Gasteiger partial charge in [-0.2, -0.15) is 13.8 Å². The van der Waals surface area contributed by atoms with Gasteiger partial charge in [-0.15, -0.1) is 0 Å². The van der Waals surface area contributed by atoms with Gasteiger partial charge in [0.15, 0.2) is 11.6 Å². The summed E-state index contributed by atoms with van der Waals surface area (Å²) in [5.74, 6) is -6.54. The first-order chi connectivity index (χ1) is 6.07. The van der Waals surface area contributed by atoms with Crippen LogP contribution in [-0.4, -0.2) is 16.7 Å². The molecule has 0 aliphatic rings. The van der Waals surface area contributed by atoms with Crippen LogP contribution >= 0.6 is 0 Å². The SMILES string of the molecule is OCCc1c(F)c(F)nc(F)c1F. The van der Waals surface area contributed by atoms with E-state index in [1.165, 1.54) is 0 Å². The molecule has 1 rings (SSSR count). The summed E-state index contributed by atoms with van der Waals surface area (Å²) in [4.78, 5) is 2.35. The molecule has 0 amide bonds. The number of aliphatic hydroxyl groups is 1. The fraction of sp³-hybridized carbons (Fsp3) is 0.286. The first-order valence-corrected chi connectivity index (χ1v) is 3.37. The highest BCUT2D eigenvalue weighted by molar-refractivity contribution is 5.17. The standard InChI is InChI=1S/C7H5F4NO/c8-4-3(1-2-13)5(9)7(11)12-6(4)10/h13H,1-2H2. The zero-order chi connectivity index (χ0) is 10.0. The summed E-state index contributed by atoms with van der Waals surface area (Å²) in [5, 5.41) is 8.35. The van der Waals surface area contributed by atoms with Crippen LogP contribution < -0.4 is 0 Å². The minimum atomic E-state index is -1.71. The Kier molecular flexibility index (Phi) is 2.82. The molecule has 0 saturated carbocycles. The first-order valence-electron chi connectivity index (χ1n) is 3.37. The highest BCUT2D eigenvalue weighted by Crippen LogP contribution is 2.16. The van der Waals surface area contributed by atoms with E-state index < -0.39 is 42.1 Å². The molecule has 0 fully saturated rings. The summed E-state index contributed by atoms with van der Waals surface area (Å²) in [6.07, 6.45) is -0.492. The number of hydrogen-bond donors (Lipinski definition) is 1. The molecule has 0 unspecified atom stereocenters. The third kappa shape index (κ3) is 1.77. The monoisotopic (exact) mass is 195 g/mol. The van der Waals surface area contributed by atoms with E-state index in [2.05, 4.69) is 4.98 Å². The number of aromatic nitrogens is 1. The van der Waals surface area contributed by atoms with Crippen LogP contribution in [-0.2, 0) is 6.42 Å². The topological polar surface area (TPSA) is 33.1 Å². The van der Waals surface area contributed by atoms with Crippen LogP contribution in [0.25, 0.3) is 0 Å². The van der Waals surface area contributed by atoms with E-state index in [1.807, 2.05) is 0 Å². The lowest BCUT2D eigenvalue weighted by molar-refractivity contribution is 0.291. The van der Waals surface area contributed by atoms with Crippen molar-refractivity contribution in [2.75, 3.05) is 6.61 Å². The van der Waals surface area contributed by atoms with Crippen LogP contribution in [0.15, 0.2) is 0 Å². The van der Waals surface area contributed by atoms with E-state index in [9.17, 15) is 17.6 Å². The maximum atomic E-state index is 12.7. The van der Waals surface area contributed by atoms with E-state index in [0.717, 1.165) is 0 Å². The number of nitrogens with zero attached hydrogens (tertiary/aromatic N) is 1. The second kappa shape index (κ2) is 3.69. The molecule has 2 nitrogen and oxygen atoms in total. The van der Waals surface area contributed by atoms with Gasteiger partial charge in [-0.3, -0.25) is 0 Å². The average Bonchev–Trinajstić information content (AvgIpc) is 2.09. The molecule has 0 radical (unpaired) electrons. The van der Waals surface area contributed by atoms with Crippen LogP contribution in [0.4, 0.5) is 17.6 Å². The molecule has 1 aromatic rings. The van der Waals surface area contributed by atoms with Crippen molar-refractivity contribution < 1.29 is 22.7 Å². The molecule has 0 atom stereocenters. The Morgan fingerprint density at radius 3 is 1.85 bits per heavy atom. The average molecular weight is 195 g/mol. The van der Waals surface area contributed by atoms with Gasteiger partial charge in [-0.25, -0.2) is 8.78 Å². The minimum absolute atomic E-state index is 0.492. The number of hydrogen-bond acceptors (Lipinski definition) is 2. The summed E-state index contributed by atoms with van der Waals surface area (Å²) in [7, 11) is 0. The molecule has 1 aromatic heterocycles. The van der Waals surface area contributed by atoms with Gasteiger partial charge in [0, 0.05) is 18.6 Å². The molecule has 0 bridgehead atoms. The molecule has 72 valence electrons. The molecule has 1 heterocycles. The molecule has 0 saturated heterocycles. The lowest BCUT2D eigenvalue weighted by Crippen LogP contribution is -2.07. The normalized spacial score (nSPS) is 10.5. The number of pyridine rings is 1. The van der Waals surface area contributed by atoms with Gasteiger partial charge in [-0.1, -0.05) is 0 Å². The molecule has 1 N–H and O–H groups in total. The Hall–Kier alpha value is -1.17. The predicted octanol–water partition coefficient (Wildman–Crippen LogP) is 1.17. The van der Waals surface area contributed by atoms with E-state index in [0.29, 0.717) is 0 Å². The van der Waals surface area contributed by atoms with Crippen molar-refractivity contribution in [2.45, 2.75) is 6.42 Å². The molecule has 0 aromatic carbocycles. The van der Waals surface area contributed by atoms with Crippen molar-refractivity contribution in [3.63, 3.8) is 0 Å². The van der Waals surface area contributed by atoms with Gasteiger partial charge in [0.2, 0.25) is 0 Å². The molecule has 13 heavy (non-hydrogen) atoms. The molecule has 0 aliphatic heterocycles. The molecular formula is C7H5F4NO. The molecule has 0 aliphatic carbocycles. The maximum absolute atomic E-state index is 12.7. The zero-order valence-corrected chi connectivity index (χ0v) is 6.32. The van der Waals surface area contributed by atoms with Crippen LogP contribution in [0, 0.1) is 23.5 Å². The quantitative estimate of drug-likeness (QED) is 0.567. The van der Waals surface area contributed by atoms with Gasteiger partial charge >= 0.3 is 0 Å². The number of halogens is 4. The van der Waals surface area contributed by atoms with Gasteiger partial charge in [0.1, 0.15) is 0 Å². The zero-order valence-electron chi connectivity index (χ0n) is 6.32. The van der Waals surface area contributed by atoms with Crippen molar-refractivity contribution >= 4 is 0 Å². The van der Waals surface area contributed by atoms with Crippen molar-refractivity contribution in [1.82, 2.24) is 4.98 Å². The van der Waals surface area contributed by atoms with Crippen molar-refractivity contribution in [2.24, 2.45) is 0 Å². The highest BCUT2D eigenvalue weighted by atomic mass is 19.2. The maximum Gasteiger partial charge on any atom is 0.252 e. The van der Waals surface area contributed by atoms with Gasteiger partial charge in [-0.05, 0) is 0 Å². The summed E-state index contributed by atoms with van der Waals surface area (Å²) < 4.78 is 50.1. The third-order valence-corrected chi connectivity index (χ3v) is 1.45. The smallest absolute Gasteiger partial charge is 0.252 e. The number of rotatable bonds is 2. The molecule has 6 heteroatoms. The summed E-state index contributed by atoms with van der Waals surface area (Å²) in [6.45, 7) is -0.600. The fourth-order valence-electron chi connectivity index (χ4n) is 0.861. The van der Waals surface area contributed by atoms with E-state index in [1.54, 1.807) is 0 Å². The Morgan fingerprint density at radius 1 is 1.00 bits per heavy atom. The van der Waals surface area contributed by atoms with Crippen LogP contribution in [0.2, 0.25) is 0 Å². The minimum Gasteiger partial charge on any atom is -0.396 e. The van der Waals surface area contributed by atoms with Crippen molar-refractivity contribution in [3.8, 4) is 0 Å². The molecular weight excluding hydrogens is 190 g/mol. The van der Waals surface area contributed by atoms with Crippen LogP contribution in [0.5, 0.6) is 0 Å². The predicted molar refractivity (Wildman–Crippen MR) is 34.9 cm³/mol. The van der Waals surface area contributed by atoms with E-state index in [-0.39, 0.29) is 0 Å². The lowest BCUT2D eigenvalue weighted by atomic mass is 10.2. The molecule has 0 spiro atoms. The second-order valence-electron chi connectivity index (χ2n) is 2.27. The first kappa shape index (κ1) is 9.91. The highest BCUT2D eigenvalue weighted by Gasteiger charge is 2.19. The Labute approximate surface area is 70.8 Å². The summed E-state index contributed by atoms with van der Waals surface area (Å²) >= 11 is 0. The Bertz CT molecular complexity index is 303. The fourth-order valence-corrected chi connectivity index (χ4v) is 0.861. The van der Waals surface area contributed by atoms with Gasteiger partial charge in [0.25, 0.3) is 11.9 Å². The number of aliphatic hydroxyl groups excluding tert-OH is 1. The van der Waals surface area contributed by atoms with Crippen molar-refractivity contribution in [3.05, 3.63) is 29.1 Å². The third-order valence-electron chi connectivity index (χ3n) is 1.45. The van der Waals surface area contributed by atoms with Gasteiger partial charge < -0.3 is 5.11 Å².